The van der Waals surface area contributed by atoms with Crippen molar-refractivity contribution < 1.29 is 0 Å². The number of pyridine rings is 1. The van der Waals surface area contributed by atoms with Gasteiger partial charge in [0.15, 0.2) is 0 Å². The lowest BCUT2D eigenvalue weighted by atomic mass is 9.93. The van der Waals surface area contributed by atoms with Gasteiger partial charge in [-0.05, 0) is 55.7 Å². The molecule has 0 fully saturated rings. The lowest BCUT2D eigenvalue weighted by Gasteiger charge is -2.13. The number of hydrogen-bond acceptors (Lipinski definition) is 1. The van der Waals surface area contributed by atoms with Crippen LogP contribution in [-0.2, 0) is 0 Å². The lowest BCUT2D eigenvalue weighted by Crippen LogP contribution is -1.91. The fourth-order valence-corrected chi connectivity index (χ4v) is 2.97. The van der Waals surface area contributed by atoms with Gasteiger partial charge in [0.05, 0.1) is 5.69 Å². The van der Waals surface area contributed by atoms with Crippen LogP contribution in [0.2, 0.25) is 0 Å². The third kappa shape index (κ3) is 3.24. The SMILES string of the molecule is C=C(C)c1ccc(-c2cc(C)cc(C)c2)cc1-c1ccccn1. The molecule has 0 saturated carbocycles. The topological polar surface area (TPSA) is 12.9 Å². The number of benzene rings is 2. The summed E-state index contributed by atoms with van der Waals surface area (Å²) in [7, 11) is 0. The van der Waals surface area contributed by atoms with Crippen LogP contribution in [0.15, 0.2) is 67.4 Å². The van der Waals surface area contributed by atoms with Gasteiger partial charge in [0, 0.05) is 11.8 Å². The highest BCUT2D eigenvalue weighted by Gasteiger charge is 2.10. The first-order valence-corrected chi connectivity index (χ1v) is 7.84. The van der Waals surface area contributed by atoms with Crippen LogP contribution in [0.5, 0.6) is 0 Å². The standard InChI is InChI=1S/C22H21N/c1-15(2)20-9-8-18(19-12-16(3)11-17(4)13-19)14-21(20)22-7-5-6-10-23-22/h5-14H,1H2,2-4H3. The molecule has 0 aliphatic heterocycles. The summed E-state index contributed by atoms with van der Waals surface area (Å²) in [5.74, 6) is 0. The summed E-state index contributed by atoms with van der Waals surface area (Å²) in [4.78, 5) is 4.52. The van der Waals surface area contributed by atoms with Crippen molar-refractivity contribution in [2.24, 2.45) is 0 Å². The van der Waals surface area contributed by atoms with E-state index < -0.39 is 0 Å². The third-order valence-corrected chi connectivity index (χ3v) is 3.98. The fraction of sp³-hybridized carbons (Fsp3) is 0.136. The quantitative estimate of drug-likeness (QED) is 0.572. The first-order valence-electron chi connectivity index (χ1n) is 7.84. The van der Waals surface area contributed by atoms with Crippen LogP contribution >= 0.6 is 0 Å². The van der Waals surface area contributed by atoms with E-state index in [2.05, 4.69) is 61.8 Å². The highest BCUT2D eigenvalue weighted by atomic mass is 14.7. The van der Waals surface area contributed by atoms with Crippen molar-refractivity contribution >= 4 is 5.57 Å². The Hall–Kier alpha value is -2.67. The van der Waals surface area contributed by atoms with Crippen LogP contribution in [0.25, 0.3) is 28.0 Å². The predicted octanol–water partition coefficient (Wildman–Crippen LogP) is 6.07. The predicted molar refractivity (Wildman–Crippen MR) is 99.3 cm³/mol. The monoisotopic (exact) mass is 299 g/mol. The van der Waals surface area contributed by atoms with Gasteiger partial charge in [-0.3, -0.25) is 4.98 Å². The van der Waals surface area contributed by atoms with Gasteiger partial charge < -0.3 is 0 Å². The highest BCUT2D eigenvalue weighted by molar-refractivity contribution is 5.82. The molecule has 1 aromatic heterocycles. The maximum atomic E-state index is 4.52. The van der Waals surface area contributed by atoms with Gasteiger partial charge in [0.2, 0.25) is 0 Å². The molecule has 1 nitrogen and oxygen atoms in total. The minimum Gasteiger partial charge on any atom is -0.256 e. The number of allylic oxidation sites excluding steroid dienone is 1. The van der Waals surface area contributed by atoms with Crippen LogP contribution in [-0.4, -0.2) is 4.98 Å². The van der Waals surface area contributed by atoms with Crippen LogP contribution in [0.3, 0.4) is 0 Å². The zero-order valence-electron chi connectivity index (χ0n) is 13.9. The molecule has 0 spiro atoms. The molecule has 0 saturated heterocycles. The summed E-state index contributed by atoms with van der Waals surface area (Å²) in [5.41, 5.74) is 9.34. The van der Waals surface area contributed by atoms with Crippen molar-refractivity contribution in [2.75, 3.05) is 0 Å². The summed E-state index contributed by atoms with van der Waals surface area (Å²) in [6.07, 6.45) is 1.83. The second kappa shape index (κ2) is 6.21. The Labute approximate surface area is 138 Å². The van der Waals surface area contributed by atoms with E-state index in [0.29, 0.717) is 0 Å². The normalized spacial score (nSPS) is 10.6. The van der Waals surface area contributed by atoms with E-state index in [0.717, 1.165) is 22.4 Å². The number of hydrogen-bond donors (Lipinski definition) is 0. The van der Waals surface area contributed by atoms with E-state index in [1.54, 1.807) is 0 Å². The molecule has 1 heteroatoms. The van der Waals surface area contributed by atoms with Crippen molar-refractivity contribution in [3.8, 4) is 22.4 Å². The largest absolute Gasteiger partial charge is 0.256 e. The summed E-state index contributed by atoms with van der Waals surface area (Å²) in [6, 6.07) is 19.2. The van der Waals surface area contributed by atoms with E-state index in [9.17, 15) is 0 Å². The maximum Gasteiger partial charge on any atom is 0.0708 e. The van der Waals surface area contributed by atoms with E-state index in [1.165, 1.54) is 22.3 Å². The van der Waals surface area contributed by atoms with Crippen LogP contribution in [0.4, 0.5) is 0 Å². The van der Waals surface area contributed by atoms with Crippen LogP contribution in [0.1, 0.15) is 23.6 Å². The summed E-state index contributed by atoms with van der Waals surface area (Å²) >= 11 is 0. The molecule has 0 bridgehead atoms. The van der Waals surface area contributed by atoms with Crippen molar-refractivity contribution in [1.29, 1.82) is 0 Å². The maximum absolute atomic E-state index is 4.52. The summed E-state index contributed by atoms with van der Waals surface area (Å²) in [6.45, 7) is 10.4. The van der Waals surface area contributed by atoms with Crippen molar-refractivity contribution in [2.45, 2.75) is 20.8 Å². The number of nitrogens with zero attached hydrogens (tertiary/aromatic N) is 1. The molecule has 0 amide bonds. The van der Waals surface area contributed by atoms with Crippen LogP contribution < -0.4 is 0 Å². The summed E-state index contributed by atoms with van der Waals surface area (Å²) < 4.78 is 0. The molecule has 23 heavy (non-hydrogen) atoms. The fourth-order valence-electron chi connectivity index (χ4n) is 2.97. The highest BCUT2D eigenvalue weighted by Crippen LogP contribution is 2.32. The van der Waals surface area contributed by atoms with E-state index in [1.807, 2.05) is 31.3 Å². The van der Waals surface area contributed by atoms with Crippen molar-refractivity contribution in [3.63, 3.8) is 0 Å². The van der Waals surface area contributed by atoms with Gasteiger partial charge in [-0.2, -0.15) is 0 Å². The number of aromatic nitrogens is 1. The van der Waals surface area contributed by atoms with Gasteiger partial charge in [-0.1, -0.05) is 59.7 Å². The molecular weight excluding hydrogens is 278 g/mol. The van der Waals surface area contributed by atoms with E-state index >= 15 is 0 Å². The van der Waals surface area contributed by atoms with Crippen LogP contribution in [0, 0.1) is 13.8 Å². The molecule has 0 radical (unpaired) electrons. The Morgan fingerprint density at radius 3 is 2.22 bits per heavy atom. The Bertz CT molecular complexity index is 840. The van der Waals surface area contributed by atoms with Gasteiger partial charge in [-0.15, -0.1) is 0 Å². The van der Waals surface area contributed by atoms with Gasteiger partial charge >= 0.3 is 0 Å². The van der Waals surface area contributed by atoms with Gasteiger partial charge in [-0.25, -0.2) is 0 Å². The molecule has 1 heterocycles. The number of aryl methyl sites for hydroxylation is 2. The Kier molecular flexibility index (Phi) is 4.12. The molecule has 3 rings (SSSR count). The third-order valence-electron chi connectivity index (χ3n) is 3.98. The summed E-state index contributed by atoms with van der Waals surface area (Å²) in [5, 5.41) is 0. The Morgan fingerprint density at radius 1 is 0.870 bits per heavy atom. The molecular formula is C22H21N. The molecule has 0 unspecified atom stereocenters. The van der Waals surface area contributed by atoms with Gasteiger partial charge in [0.1, 0.15) is 0 Å². The zero-order valence-corrected chi connectivity index (χ0v) is 13.9. The molecule has 0 atom stereocenters. The molecule has 0 N–H and O–H groups in total. The molecule has 2 aromatic carbocycles. The minimum atomic E-state index is 0.983. The first-order chi connectivity index (χ1) is 11.0. The van der Waals surface area contributed by atoms with E-state index in [4.69, 9.17) is 0 Å². The Balaban J connectivity index is 2.20. The van der Waals surface area contributed by atoms with E-state index in [-0.39, 0.29) is 0 Å². The van der Waals surface area contributed by atoms with Gasteiger partial charge in [0.25, 0.3) is 0 Å². The van der Waals surface area contributed by atoms with Crippen molar-refractivity contribution in [3.05, 3.63) is 84.1 Å². The second-order valence-corrected chi connectivity index (χ2v) is 6.13. The minimum absolute atomic E-state index is 0.983. The molecule has 0 aliphatic carbocycles. The first kappa shape index (κ1) is 15.2. The molecule has 3 aromatic rings. The average Bonchev–Trinajstić information content (AvgIpc) is 2.54. The Morgan fingerprint density at radius 2 is 1.61 bits per heavy atom. The smallest absolute Gasteiger partial charge is 0.0708 e. The second-order valence-electron chi connectivity index (χ2n) is 6.13. The molecule has 0 aliphatic rings. The zero-order chi connectivity index (χ0) is 16.4. The lowest BCUT2D eigenvalue weighted by molar-refractivity contribution is 1.32. The average molecular weight is 299 g/mol. The number of rotatable bonds is 3. The van der Waals surface area contributed by atoms with Crippen molar-refractivity contribution in [1.82, 2.24) is 4.98 Å². The molecule has 114 valence electrons.